The van der Waals surface area contributed by atoms with Crippen molar-refractivity contribution in [3.63, 3.8) is 0 Å². The number of esters is 1. The lowest BCUT2D eigenvalue weighted by atomic mass is 10.2. The number of fused-ring (bicyclic) bond motifs is 1. The third-order valence-electron chi connectivity index (χ3n) is 3.82. The van der Waals surface area contributed by atoms with Gasteiger partial charge in [-0.25, -0.2) is 4.98 Å². The molecule has 0 bridgehead atoms. The molecule has 1 aromatic carbocycles. The molecule has 0 aliphatic heterocycles. The van der Waals surface area contributed by atoms with Crippen LogP contribution in [0.4, 0.5) is 0 Å². The van der Waals surface area contributed by atoms with Crippen molar-refractivity contribution in [2.75, 3.05) is 7.11 Å². The molecule has 3 aromatic rings. The first-order valence-corrected chi connectivity index (χ1v) is 9.23. The van der Waals surface area contributed by atoms with Gasteiger partial charge in [0.15, 0.2) is 5.16 Å². The largest absolute Gasteiger partial charge is 0.469 e. The van der Waals surface area contributed by atoms with Gasteiger partial charge >= 0.3 is 5.97 Å². The van der Waals surface area contributed by atoms with Gasteiger partial charge in [0.25, 0.3) is 5.56 Å². The van der Waals surface area contributed by atoms with E-state index in [4.69, 9.17) is 11.6 Å². The molecule has 0 aliphatic rings. The maximum absolute atomic E-state index is 12.8. The number of halogens is 1. The number of para-hydroxylation sites is 1. The minimum atomic E-state index is -0.377. The van der Waals surface area contributed by atoms with Crippen LogP contribution in [0, 0.1) is 0 Å². The Kier molecular flexibility index (Phi) is 5.63. The third kappa shape index (κ3) is 3.91. The van der Waals surface area contributed by atoms with Crippen LogP contribution < -0.4 is 5.56 Å². The summed E-state index contributed by atoms with van der Waals surface area (Å²) in [4.78, 5) is 28.9. The van der Waals surface area contributed by atoms with Gasteiger partial charge in [0.1, 0.15) is 5.15 Å². The quantitative estimate of drug-likeness (QED) is 0.364. The van der Waals surface area contributed by atoms with E-state index in [9.17, 15) is 9.59 Å². The number of ether oxygens (including phenoxy) is 1. The van der Waals surface area contributed by atoms with Gasteiger partial charge in [-0.15, -0.1) is 0 Å². The highest BCUT2D eigenvalue weighted by Gasteiger charge is 2.14. The molecule has 0 N–H and O–H groups in total. The molecule has 3 rings (SSSR count). The van der Waals surface area contributed by atoms with E-state index in [2.05, 4.69) is 14.8 Å². The molecule has 2 aromatic heterocycles. The molecule has 0 unspecified atom stereocenters. The Balaban J connectivity index is 1.95. The first kappa shape index (κ1) is 18.5. The van der Waals surface area contributed by atoms with E-state index in [-0.39, 0.29) is 24.5 Å². The van der Waals surface area contributed by atoms with Gasteiger partial charge < -0.3 is 4.74 Å². The first-order chi connectivity index (χ1) is 12.5. The highest BCUT2D eigenvalue weighted by Crippen LogP contribution is 2.23. The van der Waals surface area contributed by atoms with Crippen LogP contribution in [0.5, 0.6) is 0 Å². The topological polar surface area (TPSA) is 79.0 Å². The van der Waals surface area contributed by atoms with E-state index >= 15 is 0 Å². The summed E-state index contributed by atoms with van der Waals surface area (Å²) in [7, 11) is 3.08. The van der Waals surface area contributed by atoms with Crippen molar-refractivity contribution in [2.45, 2.75) is 23.9 Å². The fourth-order valence-corrected chi connectivity index (χ4v) is 3.54. The zero-order chi connectivity index (χ0) is 18.7. The molecule has 9 heteroatoms. The lowest BCUT2D eigenvalue weighted by Gasteiger charge is -2.12. The summed E-state index contributed by atoms with van der Waals surface area (Å²) in [6, 6.07) is 8.92. The number of rotatable bonds is 6. The number of hydrogen-bond acceptors (Lipinski definition) is 6. The highest BCUT2D eigenvalue weighted by molar-refractivity contribution is 7.98. The van der Waals surface area contributed by atoms with Crippen LogP contribution >= 0.6 is 23.4 Å². The van der Waals surface area contributed by atoms with Crippen molar-refractivity contribution in [2.24, 2.45) is 7.05 Å². The summed E-state index contributed by atoms with van der Waals surface area (Å²) >= 11 is 7.39. The zero-order valence-electron chi connectivity index (χ0n) is 14.3. The first-order valence-electron chi connectivity index (χ1n) is 7.87. The second kappa shape index (κ2) is 7.92. The van der Waals surface area contributed by atoms with E-state index < -0.39 is 0 Å². The summed E-state index contributed by atoms with van der Waals surface area (Å²) in [5.41, 5.74) is 1.22. The Morgan fingerprint density at radius 2 is 2.12 bits per heavy atom. The minimum absolute atomic E-state index is 0.0966. The van der Waals surface area contributed by atoms with E-state index in [1.807, 2.05) is 6.07 Å². The monoisotopic (exact) mass is 392 g/mol. The molecule has 26 heavy (non-hydrogen) atoms. The number of nitrogens with zero attached hydrogens (tertiary/aromatic N) is 4. The smallest absolute Gasteiger partial charge is 0.307 e. The number of thioether (sulfide) groups is 1. The molecule has 0 saturated carbocycles. The predicted molar refractivity (Wildman–Crippen MR) is 100 cm³/mol. The Bertz CT molecular complexity index is 995. The fraction of sp³-hybridized carbons (Fsp3) is 0.294. The van der Waals surface area contributed by atoms with Crippen molar-refractivity contribution in [3.8, 4) is 0 Å². The maximum Gasteiger partial charge on any atom is 0.307 e. The maximum atomic E-state index is 12.8. The van der Waals surface area contributed by atoms with Gasteiger partial charge in [0.05, 0.1) is 30.1 Å². The molecular weight excluding hydrogens is 376 g/mol. The summed E-state index contributed by atoms with van der Waals surface area (Å²) in [5, 5.41) is 5.88. The van der Waals surface area contributed by atoms with Gasteiger partial charge in [-0.05, 0) is 18.2 Å². The SMILES string of the molecule is COC(=O)CCn1c(SCc2cc(Cl)n(C)n2)nc2ccccc2c1=O. The molecule has 7 nitrogen and oxygen atoms in total. The lowest BCUT2D eigenvalue weighted by Crippen LogP contribution is -2.24. The van der Waals surface area contributed by atoms with Crippen LogP contribution in [0.2, 0.25) is 5.15 Å². The van der Waals surface area contributed by atoms with E-state index in [1.54, 1.807) is 36.0 Å². The normalized spacial score (nSPS) is 11.0. The number of aromatic nitrogens is 4. The summed E-state index contributed by atoms with van der Waals surface area (Å²) < 4.78 is 7.76. The molecule has 0 spiro atoms. The molecule has 0 aliphatic carbocycles. The van der Waals surface area contributed by atoms with Crippen LogP contribution in [0.25, 0.3) is 10.9 Å². The second-order valence-electron chi connectivity index (χ2n) is 5.57. The standard InChI is InChI=1S/C17H17ClN4O3S/c1-21-14(18)9-11(20-21)10-26-17-19-13-6-4-3-5-12(13)16(24)22(17)8-7-15(23)25-2/h3-6,9H,7-8,10H2,1-2H3. The van der Waals surface area contributed by atoms with Gasteiger partial charge in [-0.1, -0.05) is 35.5 Å². The number of hydrogen-bond donors (Lipinski definition) is 0. The van der Waals surface area contributed by atoms with Gasteiger partial charge in [-0.2, -0.15) is 5.10 Å². The Labute approximate surface area is 158 Å². The van der Waals surface area contributed by atoms with Crippen LogP contribution in [0.3, 0.4) is 0 Å². The molecule has 0 atom stereocenters. The van der Waals surface area contributed by atoms with Crippen LogP contribution in [0.1, 0.15) is 12.1 Å². The third-order valence-corrected chi connectivity index (χ3v) is 5.18. The minimum Gasteiger partial charge on any atom is -0.469 e. The van der Waals surface area contributed by atoms with Crippen LogP contribution in [-0.4, -0.2) is 32.4 Å². The second-order valence-corrected chi connectivity index (χ2v) is 6.89. The van der Waals surface area contributed by atoms with Crippen molar-refractivity contribution in [1.29, 1.82) is 0 Å². The van der Waals surface area contributed by atoms with Gasteiger partial charge in [0.2, 0.25) is 0 Å². The predicted octanol–water partition coefficient (Wildman–Crippen LogP) is 2.64. The molecule has 0 fully saturated rings. The van der Waals surface area contributed by atoms with Gasteiger partial charge in [-0.3, -0.25) is 18.8 Å². The molecule has 136 valence electrons. The Morgan fingerprint density at radius 3 is 2.81 bits per heavy atom. The number of benzene rings is 1. The number of methoxy groups -OCH3 is 1. The van der Waals surface area contributed by atoms with E-state index in [1.165, 1.54) is 23.4 Å². The number of aryl methyl sites for hydroxylation is 1. The molecular formula is C17H17ClN4O3S. The highest BCUT2D eigenvalue weighted by atomic mass is 35.5. The fourth-order valence-electron chi connectivity index (χ4n) is 2.47. The molecule has 2 heterocycles. The van der Waals surface area contributed by atoms with Crippen LogP contribution in [0.15, 0.2) is 40.3 Å². The molecule has 0 radical (unpaired) electrons. The lowest BCUT2D eigenvalue weighted by molar-refractivity contribution is -0.140. The molecule has 0 saturated heterocycles. The summed E-state index contributed by atoms with van der Waals surface area (Å²) in [5.74, 6) is 0.126. The average Bonchev–Trinajstić information content (AvgIpc) is 2.97. The average molecular weight is 393 g/mol. The Morgan fingerprint density at radius 1 is 1.35 bits per heavy atom. The van der Waals surface area contributed by atoms with E-state index in [0.717, 1.165) is 5.69 Å². The Hall–Kier alpha value is -2.32. The summed E-state index contributed by atoms with van der Waals surface area (Å²) in [6.45, 7) is 0.203. The number of carbonyl (C=O) groups is 1. The van der Waals surface area contributed by atoms with Crippen molar-refractivity contribution in [3.05, 3.63) is 51.5 Å². The molecule has 0 amide bonds. The van der Waals surface area contributed by atoms with Crippen molar-refractivity contribution >= 4 is 40.2 Å². The van der Waals surface area contributed by atoms with Gasteiger partial charge in [0, 0.05) is 19.3 Å². The number of carbonyl (C=O) groups excluding carboxylic acids is 1. The zero-order valence-corrected chi connectivity index (χ0v) is 15.9. The van der Waals surface area contributed by atoms with Crippen molar-refractivity contribution < 1.29 is 9.53 Å². The van der Waals surface area contributed by atoms with Crippen molar-refractivity contribution in [1.82, 2.24) is 19.3 Å². The van der Waals surface area contributed by atoms with E-state index in [0.29, 0.717) is 27.0 Å². The summed E-state index contributed by atoms with van der Waals surface area (Å²) in [6.07, 6.45) is 0.0966. The van der Waals surface area contributed by atoms with Crippen LogP contribution in [-0.2, 0) is 28.9 Å².